The van der Waals surface area contributed by atoms with E-state index >= 15 is 0 Å². The summed E-state index contributed by atoms with van der Waals surface area (Å²) in [5.41, 5.74) is 3.19. The summed E-state index contributed by atoms with van der Waals surface area (Å²) in [7, 11) is 4.07. The molecule has 0 saturated carbocycles. The van der Waals surface area contributed by atoms with Crippen LogP contribution in [0.15, 0.2) is 24.3 Å². The van der Waals surface area contributed by atoms with Gasteiger partial charge in [-0.25, -0.2) is 4.39 Å². The lowest BCUT2D eigenvalue weighted by molar-refractivity contribution is 0.0937. The maximum absolute atomic E-state index is 13.8. The van der Waals surface area contributed by atoms with E-state index in [1.54, 1.807) is 18.2 Å². The molecule has 1 aromatic heterocycles. The molecular formula is C21H28FN5O. The Bertz CT molecular complexity index is 856. The van der Waals surface area contributed by atoms with Gasteiger partial charge in [-0.05, 0) is 32.4 Å². The molecule has 2 heterocycles. The zero-order valence-electron chi connectivity index (χ0n) is 16.6. The number of aromatic nitrogens is 2. The minimum Gasteiger partial charge on any atom is -0.346 e. The van der Waals surface area contributed by atoms with E-state index in [-0.39, 0.29) is 18.3 Å². The van der Waals surface area contributed by atoms with Crippen molar-refractivity contribution in [3.05, 3.63) is 52.6 Å². The Morgan fingerprint density at radius 2 is 1.96 bits per heavy atom. The summed E-state index contributed by atoms with van der Waals surface area (Å²) < 4.78 is 15.7. The molecule has 0 radical (unpaired) electrons. The number of piperazine rings is 1. The van der Waals surface area contributed by atoms with E-state index in [1.807, 2.05) is 11.7 Å². The summed E-state index contributed by atoms with van der Waals surface area (Å²) >= 11 is 0. The van der Waals surface area contributed by atoms with Gasteiger partial charge in [0.05, 0.1) is 0 Å². The third kappa shape index (κ3) is 3.82. The molecule has 2 aromatic rings. The van der Waals surface area contributed by atoms with Gasteiger partial charge in [-0.1, -0.05) is 18.2 Å². The minimum atomic E-state index is -0.305. The quantitative estimate of drug-likeness (QED) is 0.869. The summed E-state index contributed by atoms with van der Waals surface area (Å²) in [5.74, 6) is -0.528. The molecule has 2 aliphatic rings. The Morgan fingerprint density at radius 3 is 2.71 bits per heavy atom. The number of fused-ring (bicyclic) bond motifs is 1. The van der Waals surface area contributed by atoms with Crippen molar-refractivity contribution in [2.24, 2.45) is 7.05 Å². The van der Waals surface area contributed by atoms with Crippen LogP contribution in [0.4, 0.5) is 4.39 Å². The van der Waals surface area contributed by atoms with Gasteiger partial charge in [0.2, 0.25) is 0 Å². The van der Waals surface area contributed by atoms with Crippen molar-refractivity contribution >= 4 is 5.91 Å². The highest BCUT2D eigenvalue weighted by Gasteiger charge is 2.32. The Kier molecular flexibility index (Phi) is 5.46. The Hall–Kier alpha value is -2.25. The second-order valence-corrected chi connectivity index (χ2v) is 7.91. The fraction of sp³-hybridized carbons (Fsp3) is 0.524. The van der Waals surface area contributed by atoms with Crippen LogP contribution in [0.1, 0.15) is 33.7 Å². The van der Waals surface area contributed by atoms with Crippen LogP contribution in [0.2, 0.25) is 0 Å². The molecule has 1 atom stereocenters. The molecule has 0 bridgehead atoms. The van der Waals surface area contributed by atoms with Crippen LogP contribution in [0.3, 0.4) is 0 Å². The second kappa shape index (κ2) is 8.01. The smallest absolute Gasteiger partial charge is 0.272 e. The van der Waals surface area contributed by atoms with Gasteiger partial charge in [-0.15, -0.1) is 0 Å². The average molecular weight is 385 g/mol. The molecule has 1 aliphatic heterocycles. The van der Waals surface area contributed by atoms with Crippen molar-refractivity contribution in [2.75, 3.05) is 33.2 Å². The Balaban J connectivity index is 1.47. The summed E-state index contributed by atoms with van der Waals surface area (Å²) in [4.78, 5) is 17.7. The molecule has 1 fully saturated rings. The number of aryl methyl sites for hydroxylation is 1. The maximum atomic E-state index is 13.8. The van der Waals surface area contributed by atoms with Gasteiger partial charge in [0.25, 0.3) is 5.91 Å². The molecule has 0 spiro atoms. The molecule has 1 amide bonds. The third-order valence-corrected chi connectivity index (χ3v) is 6.10. The molecule has 1 aliphatic carbocycles. The van der Waals surface area contributed by atoms with Crippen LogP contribution >= 0.6 is 0 Å². The molecule has 7 heteroatoms. The Morgan fingerprint density at radius 1 is 1.21 bits per heavy atom. The van der Waals surface area contributed by atoms with Crippen molar-refractivity contribution in [3.8, 4) is 0 Å². The standard InChI is InChI=1S/C21H28FN5O/c1-25-9-11-27(12-10-25)16-7-8-19-17(13-16)20(24-26(19)2)21(28)23-14-15-5-3-4-6-18(15)22/h3-6,16H,7-14H2,1-2H3,(H,23,28). The fourth-order valence-electron chi connectivity index (χ4n) is 4.35. The number of carbonyl (C=O) groups is 1. The molecule has 150 valence electrons. The number of nitrogens with zero attached hydrogens (tertiary/aromatic N) is 4. The normalized spacial score (nSPS) is 20.8. The van der Waals surface area contributed by atoms with Crippen molar-refractivity contribution in [1.29, 1.82) is 0 Å². The van der Waals surface area contributed by atoms with Crippen LogP contribution in [-0.2, 0) is 26.4 Å². The Labute approximate surface area is 165 Å². The van der Waals surface area contributed by atoms with Gasteiger partial charge in [-0.3, -0.25) is 14.4 Å². The lowest BCUT2D eigenvalue weighted by atomic mass is 9.90. The number of hydrogen-bond donors (Lipinski definition) is 1. The SMILES string of the molecule is CN1CCN(C2CCc3c(c(C(=O)NCc4ccccc4F)nn3C)C2)CC1. The number of hydrogen-bond acceptors (Lipinski definition) is 4. The first kappa shape index (κ1) is 19.1. The van der Waals surface area contributed by atoms with E-state index in [0.29, 0.717) is 17.3 Å². The van der Waals surface area contributed by atoms with Crippen molar-refractivity contribution in [2.45, 2.75) is 31.8 Å². The van der Waals surface area contributed by atoms with E-state index in [4.69, 9.17) is 0 Å². The molecule has 4 rings (SSSR count). The van der Waals surface area contributed by atoms with E-state index in [0.717, 1.165) is 56.7 Å². The number of benzene rings is 1. The number of carbonyl (C=O) groups excluding carboxylic acids is 1. The number of rotatable bonds is 4. The largest absolute Gasteiger partial charge is 0.346 e. The lowest BCUT2D eigenvalue weighted by Crippen LogP contribution is -2.50. The van der Waals surface area contributed by atoms with Gasteiger partial charge in [0.15, 0.2) is 5.69 Å². The molecule has 28 heavy (non-hydrogen) atoms. The van der Waals surface area contributed by atoms with Gasteiger partial charge >= 0.3 is 0 Å². The predicted octanol–water partition coefficient (Wildman–Crippen LogP) is 1.59. The van der Waals surface area contributed by atoms with Crippen molar-refractivity contribution in [3.63, 3.8) is 0 Å². The predicted molar refractivity (Wildman–Crippen MR) is 106 cm³/mol. The first-order chi connectivity index (χ1) is 13.5. The van der Waals surface area contributed by atoms with Crippen molar-refractivity contribution < 1.29 is 9.18 Å². The van der Waals surface area contributed by atoms with E-state index in [1.165, 1.54) is 6.07 Å². The van der Waals surface area contributed by atoms with E-state index in [9.17, 15) is 9.18 Å². The average Bonchev–Trinajstić information content (AvgIpc) is 3.04. The molecule has 1 N–H and O–H groups in total. The first-order valence-electron chi connectivity index (χ1n) is 10.0. The third-order valence-electron chi connectivity index (χ3n) is 6.10. The van der Waals surface area contributed by atoms with Crippen LogP contribution in [-0.4, -0.2) is 64.8 Å². The fourth-order valence-corrected chi connectivity index (χ4v) is 4.35. The number of amides is 1. The highest BCUT2D eigenvalue weighted by atomic mass is 19.1. The summed E-state index contributed by atoms with van der Waals surface area (Å²) in [6.45, 7) is 4.49. The van der Waals surface area contributed by atoms with Crippen LogP contribution < -0.4 is 5.32 Å². The van der Waals surface area contributed by atoms with Crippen LogP contribution in [0, 0.1) is 5.82 Å². The van der Waals surface area contributed by atoms with Gasteiger partial charge < -0.3 is 10.2 Å². The number of nitrogens with one attached hydrogen (secondary N) is 1. The topological polar surface area (TPSA) is 53.4 Å². The molecule has 1 unspecified atom stereocenters. The van der Waals surface area contributed by atoms with E-state index < -0.39 is 0 Å². The van der Waals surface area contributed by atoms with Gasteiger partial charge in [0, 0.05) is 62.6 Å². The van der Waals surface area contributed by atoms with Crippen molar-refractivity contribution in [1.82, 2.24) is 24.9 Å². The number of likely N-dealkylation sites (N-methyl/N-ethyl adjacent to an activating group) is 1. The molecular weight excluding hydrogens is 357 g/mol. The minimum absolute atomic E-state index is 0.165. The first-order valence-corrected chi connectivity index (χ1v) is 10.0. The zero-order valence-corrected chi connectivity index (χ0v) is 16.6. The molecule has 1 aromatic carbocycles. The monoisotopic (exact) mass is 385 g/mol. The molecule has 6 nitrogen and oxygen atoms in total. The summed E-state index contributed by atoms with van der Waals surface area (Å²) in [5, 5.41) is 7.35. The van der Waals surface area contributed by atoms with Crippen LogP contribution in [0.25, 0.3) is 0 Å². The van der Waals surface area contributed by atoms with Gasteiger partial charge in [0.1, 0.15) is 5.82 Å². The second-order valence-electron chi connectivity index (χ2n) is 7.91. The van der Waals surface area contributed by atoms with Gasteiger partial charge in [-0.2, -0.15) is 5.10 Å². The van der Waals surface area contributed by atoms with Crippen LogP contribution in [0.5, 0.6) is 0 Å². The maximum Gasteiger partial charge on any atom is 0.272 e. The molecule has 1 saturated heterocycles. The highest BCUT2D eigenvalue weighted by Crippen LogP contribution is 2.27. The summed E-state index contributed by atoms with van der Waals surface area (Å²) in [6.07, 6.45) is 2.90. The van der Waals surface area contributed by atoms with E-state index in [2.05, 4.69) is 27.3 Å². The zero-order chi connectivity index (χ0) is 19.7. The lowest BCUT2D eigenvalue weighted by Gasteiger charge is -2.39. The number of halogens is 1. The summed E-state index contributed by atoms with van der Waals surface area (Å²) in [6, 6.07) is 6.98. The highest BCUT2D eigenvalue weighted by molar-refractivity contribution is 5.94.